The zero-order valence-electron chi connectivity index (χ0n) is 8.14. The fourth-order valence-corrected chi connectivity index (χ4v) is 1.84. The summed E-state index contributed by atoms with van der Waals surface area (Å²) in [5.74, 6) is 1.38. The van der Waals surface area contributed by atoms with E-state index in [-0.39, 0.29) is 0 Å². The van der Waals surface area contributed by atoms with Crippen molar-refractivity contribution >= 4 is 0 Å². The van der Waals surface area contributed by atoms with Gasteiger partial charge >= 0.3 is 0 Å². The summed E-state index contributed by atoms with van der Waals surface area (Å²) in [6.45, 7) is 2.25. The zero-order valence-corrected chi connectivity index (χ0v) is 8.14. The van der Waals surface area contributed by atoms with Crippen LogP contribution in [0.5, 0.6) is 0 Å². The van der Waals surface area contributed by atoms with Gasteiger partial charge in [-0.05, 0) is 31.6 Å². The number of aryl methyl sites for hydroxylation is 1. The van der Waals surface area contributed by atoms with Crippen molar-refractivity contribution in [2.45, 2.75) is 18.8 Å². The van der Waals surface area contributed by atoms with Crippen molar-refractivity contribution in [3.63, 3.8) is 0 Å². The first kappa shape index (κ1) is 8.62. The van der Waals surface area contributed by atoms with E-state index in [1.165, 1.54) is 24.2 Å². The molecule has 13 heavy (non-hydrogen) atoms. The van der Waals surface area contributed by atoms with Gasteiger partial charge in [-0.15, -0.1) is 10.2 Å². The fourth-order valence-electron chi connectivity index (χ4n) is 1.84. The zero-order chi connectivity index (χ0) is 9.26. The summed E-state index contributed by atoms with van der Waals surface area (Å²) in [5, 5.41) is 12.1. The van der Waals surface area contributed by atoms with E-state index in [0.717, 1.165) is 12.4 Å². The first-order chi connectivity index (χ1) is 6.25. The number of piperidine rings is 1. The third-order valence-corrected chi connectivity index (χ3v) is 2.51. The third kappa shape index (κ3) is 1.85. The molecule has 1 fully saturated rings. The summed E-state index contributed by atoms with van der Waals surface area (Å²) in [7, 11) is 3.95. The number of hydrogen-bond acceptors (Lipinski definition) is 4. The van der Waals surface area contributed by atoms with Gasteiger partial charge < -0.3 is 4.90 Å². The molecule has 2 heterocycles. The van der Waals surface area contributed by atoms with Gasteiger partial charge in [-0.25, -0.2) is 0 Å². The molecule has 0 aliphatic carbocycles. The Balaban J connectivity index is 2.08. The second-order valence-electron chi connectivity index (χ2n) is 3.74. The number of likely N-dealkylation sites (tertiary alicyclic amines) is 1. The molecule has 0 radical (unpaired) electrons. The molecular weight excluding hydrogens is 166 g/mol. The van der Waals surface area contributed by atoms with Gasteiger partial charge in [-0.1, -0.05) is 0 Å². The average molecular weight is 181 g/mol. The quantitative estimate of drug-likeness (QED) is 0.612. The van der Waals surface area contributed by atoms with Crippen molar-refractivity contribution in [2.24, 2.45) is 7.05 Å². The van der Waals surface area contributed by atoms with E-state index in [4.69, 9.17) is 0 Å². The molecule has 0 N–H and O–H groups in total. The van der Waals surface area contributed by atoms with E-state index >= 15 is 0 Å². The summed E-state index contributed by atoms with van der Waals surface area (Å²) in [4.78, 5) is 3.86. The number of likely N-dealkylation sites (N-methyl/N-ethyl adjacent to an activating group) is 1. The van der Waals surface area contributed by atoms with E-state index in [9.17, 15) is 0 Å². The molecule has 5 heteroatoms. The summed E-state index contributed by atoms with van der Waals surface area (Å²) >= 11 is 0. The highest BCUT2D eigenvalue weighted by Gasteiger charge is 2.22. The van der Waals surface area contributed by atoms with Crippen LogP contribution < -0.4 is 0 Å². The molecule has 1 aliphatic heterocycles. The van der Waals surface area contributed by atoms with E-state index in [0.29, 0.717) is 5.92 Å². The van der Waals surface area contributed by atoms with Crippen LogP contribution in [-0.4, -0.2) is 45.2 Å². The molecule has 0 bridgehead atoms. The lowest BCUT2D eigenvalue weighted by molar-refractivity contribution is 0.245. The first-order valence-electron chi connectivity index (χ1n) is 4.68. The monoisotopic (exact) mass is 181 g/mol. The molecule has 0 saturated carbocycles. The van der Waals surface area contributed by atoms with E-state index in [2.05, 4.69) is 27.4 Å². The number of nitrogens with zero attached hydrogens (tertiary/aromatic N) is 5. The van der Waals surface area contributed by atoms with Crippen LogP contribution in [0.15, 0.2) is 0 Å². The predicted octanol–water partition coefficient (Wildman–Crippen LogP) is 0.0193. The van der Waals surface area contributed by atoms with Crippen LogP contribution in [0.2, 0.25) is 0 Å². The first-order valence-corrected chi connectivity index (χ1v) is 4.68. The lowest BCUT2D eigenvalue weighted by Gasteiger charge is -2.27. The third-order valence-electron chi connectivity index (χ3n) is 2.51. The standard InChI is InChI=1S/C8H15N5/c1-12-5-3-4-7(6-12)8-9-11-13(2)10-8/h7H,3-6H2,1-2H3. The SMILES string of the molecule is CN1CCCC(c2nnn(C)n2)C1. The normalized spacial score (nSPS) is 24.9. The highest BCUT2D eigenvalue weighted by molar-refractivity contribution is 4.94. The van der Waals surface area contributed by atoms with Gasteiger partial charge in [0.15, 0.2) is 5.82 Å². The molecule has 2 rings (SSSR count). The van der Waals surface area contributed by atoms with E-state index < -0.39 is 0 Å². The summed E-state index contributed by atoms with van der Waals surface area (Å²) in [5.41, 5.74) is 0. The Morgan fingerprint density at radius 2 is 2.23 bits per heavy atom. The number of rotatable bonds is 1. The van der Waals surface area contributed by atoms with Crippen molar-refractivity contribution in [3.8, 4) is 0 Å². The van der Waals surface area contributed by atoms with Crippen LogP contribution in [0.4, 0.5) is 0 Å². The Kier molecular flexibility index (Phi) is 2.26. The fraction of sp³-hybridized carbons (Fsp3) is 0.875. The highest BCUT2D eigenvalue weighted by atomic mass is 15.6. The summed E-state index contributed by atoms with van der Waals surface area (Å²) in [6, 6.07) is 0. The Morgan fingerprint density at radius 1 is 1.38 bits per heavy atom. The molecule has 1 aromatic rings. The molecule has 72 valence electrons. The molecule has 1 atom stereocenters. The van der Waals surface area contributed by atoms with Gasteiger partial charge in [-0.3, -0.25) is 0 Å². The maximum Gasteiger partial charge on any atom is 0.179 e. The number of tetrazole rings is 1. The molecule has 1 saturated heterocycles. The van der Waals surface area contributed by atoms with Crippen LogP contribution in [0.3, 0.4) is 0 Å². The van der Waals surface area contributed by atoms with Crippen molar-refractivity contribution < 1.29 is 0 Å². The summed E-state index contributed by atoms with van der Waals surface area (Å²) in [6.07, 6.45) is 2.43. The number of hydrogen-bond donors (Lipinski definition) is 0. The molecule has 1 unspecified atom stereocenters. The van der Waals surface area contributed by atoms with E-state index in [1.807, 2.05) is 7.05 Å². The molecule has 0 spiro atoms. The second kappa shape index (κ2) is 3.41. The molecular formula is C8H15N5. The molecule has 1 aromatic heterocycles. The summed E-state index contributed by atoms with van der Waals surface area (Å²) < 4.78 is 0. The predicted molar refractivity (Wildman–Crippen MR) is 48.3 cm³/mol. The topological polar surface area (TPSA) is 46.8 Å². The number of aromatic nitrogens is 4. The van der Waals surface area contributed by atoms with Crippen LogP contribution >= 0.6 is 0 Å². The maximum absolute atomic E-state index is 4.24. The van der Waals surface area contributed by atoms with Crippen LogP contribution in [-0.2, 0) is 7.05 Å². The van der Waals surface area contributed by atoms with Crippen molar-refractivity contribution in [1.29, 1.82) is 0 Å². The van der Waals surface area contributed by atoms with Gasteiger partial charge in [0, 0.05) is 12.5 Å². The lowest BCUT2D eigenvalue weighted by Crippen LogP contribution is -2.31. The van der Waals surface area contributed by atoms with Gasteiger partial charge in [0.25, 0.3) is 0 Å². The van der Waals surface area contributed by atoms with Crippen molar-refractivity contribution in [2.75, 3.05) is 20.1 Å². The minimum atomic E-state index is 0.479. The molecule has 0 amide bonds. The average Bonchev–Trinajstić information content (AvgIpc) is 2.52. The van der Waals surface area contributed by atoms with E-state index in [1.54, 1.807) is 0 Å². The van der Waals surface area contributed by atoms with Crippen molar-refractivity contribution in [3.05, 3.63) is 5.82 Å². The molecule has 5 nitrogen and oxygen atoms in total. The Bertz CT molecular complexity index is 282. The maximum atomic E-state index is 4.24. The lowest BCUT2D eigenvalue weighted by atomic mass is 9.98. The van der Waals surface area contributed by atoms with Gasteiger partial charge in [0.1, 0.15) is 0 Å². The van der Waals surface area contributed by atoms with Gasteiger partial charge in [0.2, 0.25) is 0 Å². The van der Waals surface area contributed by atoms with Crippen LogP contribution in [0.1, 0.15) is 24.6 Å². The van der Waals surface area contributed by atoms with Crippen LogP contribution in [0, 0.1) is 0 Å². The smallest absolute Gasteiger partial charge is 0.179 e. The second-order valence-corrected chi connectivity index (χ2v) is 3.74. The van der Waals surface area contributed by atoms with Crippen molar-refractivity contribution in [1.82, 2.24) is 25.1 Å². The minimum absolute atomic E-state index is 0.479. The van der Waals surface area contributed by atoms with Gasteiger partial charge in [-0.2, -0.15) is 4.80 Å². The van der Waals surface area contributed by atoms with Crippen LogP contribution in [0.25, 0.3) is 0 Å². The van der Waals surface area contributed by atoms with Gasteiger partial charge in [0.05, 0.1) is 7.05 Å². The minimum Gasteiger partial charge on any atom is -0.306 e. The molecule has 1 aliphatic rings. The highest BCUT2D eigenvalue weighted by Crippen LogP contribution is 2.22. The Hall–Kier alpha value is -0.970. The Labute approximate surface area is 77.7 Å². The Morgan fingerprint density at radius 3 is 2.85 bits per heavy atom. The largest absolute Gasteiger partial charge is 0.306 e. The molecule has 0 aromatic carbocycles.